The lowest BCUT2D eigenvalue weighted by atomic mass is 9.68. The summed E-state index contributed by atoms with van der Waals surface area (Å²) < 4.78 is 47.7. The molecule has 0 unspecified atom stereocenters. The van der Waals surface area contributed by atoms with Gasteiger partial charge in [0, 0.05) is 13.2 Å². The predicted molar refractivity (Wildman–Crippen MR) is 133 cm³/mol. The van der Waals surface area contributed by atoms with Crippen molar-refractivity contribution in [1.82, 2.24) is 10.2 Å². The molecule has 1 heterocycles. The summed E-state index contributed by atoms with van der Waals surface area (Å²) in [6.45, 7) is 1.95. The van der Waals surface area contributed by atoms with Gasteiger partial charge in [-0.1, -0.05) is 36.4 Å². The molecule has 0 bridgehead atoms. The molecule has 2 aliphatic rings. The number of benzene rings is 2. The molecule has 1 aliphatic heterocycles. The summed E-state index contributed by atoms with van der Waals surface area (Å²) in [5, 5.41) is 3.35. The van der Waals surface area contributed by atoms with Gasteiger partial charge < -0.3 is 19.7 Å². The smallest absolute Gasteiger partial charge is 0.406 e. The highest BCUT2D eigenvalue weighted by Crippen LogP contribution is 2.41. The van der Waals surface area contributed by atoms with E-state index in [4.69, 9.17) is 4.74 Å². The normalized spacial score (nSPS) is 23.9. The second-order valence-corrected chi connectivity index (χ2v) is 10.2. The van der Waals surface area contributed by atoms with Gasteiger partial charge in [0.2, 0.25) is 5.91 Å². The highest BCUT2D eigenvalue weighted by molar-refractivity contribution is 5.83. The Hall–Kier alpha value is -2.58. The van der Waals surface area contributed by atoms with E-state index in [1.807, 2.05) is 24.3 Å². The Kier molecular flexibility index (Phi) is 8.25. The summed E-state index contributed by atoms with van der Waals surface area (Å²) in [6.07, 6.45) is 1.03. The largest absolute Gasteiger partial charge is 0.573 e. The molecular weight excluding hydrogens is 469 g/mol. The molecule has 2 aromatic carbocycles. The van der Waals surface area contributed by atoms with E-state index in [0.29, 0.717) is 12.0 Å². The molecule has 0 radical (unpaired) electrons. The number of piperidine rings is 1. The van der Waals surface area contributed by atoms with Crippen LogP contribution in [0.15, 0.2) is 48.5 Å². The molecule has 1 N–H and O–H groups in total. The molecule has 196 valence electrons. The predicted octanol–water partition coefficient (Wildman–Crippen LogP) is 5.58. The number of nitrogens with zero attached hydrogens (tertiary/aromatic N) is 1. The molecule has 36 heavy (non-hydrogen) atoms. The third-order valence-electron chi connectivity index (χ3n) is 7.63. The number of halogens is 3. The minimum absolute atomic E-state index is 0.109. The second-order valence-electron chi connectivity index (χ2n) is 10.2. The molecule has 1 saturated heterocycles. The summed E-state index contributed by atoms with van der Waals surface area (Å²) in [4.78, 5) is 16.0. The maximum Gasteiger partial charge on any atom is 0.573 e. The van der Waals surface area contributed by atoms with Gasteiger partial charge >= 0.3 is 6.36 Å². The van der Waals surface area contributed by atoms with Gasteiger partial charge in [-0.3, -0.25) is 4.79 Å². The Balaban J connectivity index is 1.54. The summed E-state index contributed by atoms with van der Waals surface area (Å²) >= 11 is 0. The number of hydrogen-bond donors (Lipinski definition) is 1. The molecule has 0 aromatic heterocycles. The Labute approximate surface area is 211 Å². The van der Waals surface area contributed by atoms with Gasteiger partial charge in [-0.2, -0.15) is 0 Å². The first kappa shape index (κ1) is 26.5. The minimum Gasteiger partial charge on any atom is -0.406 e. The van der Waals surface area contributed by atoms with Crippen LogP contribution in [0, 0.1) is 5.41 Å². The van der Waals surface area contributed by atoms with Crippen molar-refractivity contribution < 1.29 is 27.4 Å². The number of carbonyl (C=O) groups is 1. The Morgan fingerprint density at radius 1 is 1.03 bits per heavy atom. The van der Waals surface area contributed by atoms with Crippen molar-refractivity contribution in [3.63, 3.8) is 0 Å². The molecule has 5 nitrogen and oxygen atoms in total. The summed E-state index contributed by atoms with van der Waals surface area (Å²) in [5.41, 5.74) is 1.88. The van der Waals surface area contributed by atoms with E-state index in [1.54, 1.807) is 19.2 Å². The molecule has 1 amide bonds. The lowest BCUT2D eigenvalue weighted by molar-refractivity contribution is -0.274. The van der Waals surface area contributed by atoms with Crippen molar-refractivity contribution in [2.75, 3.05) is 27.2 Å². The Bertz CT molecular complexity index is 1030. The molecule has 8 heteroatoms. The Morgan fingerprint density at radius 2 is 1.67 bits per heavy atom. The van der Waals surface area contributed by atoms with Gasteiger partial charge in [0.15, 0.2) is 0 Å². The zero-order valence-corrected chi connectivity index (χ0v) is 20.9. The van der Waals surface area contributed by atoms with Crippen LogP contribution >= 0.6 is 0 Å². The van der Waals surface area contributed by atoms with Gasteiger partial charge in [-0.15, -0.1) is 13.2 Å². The number of amides is 1. The van der Waals surface area contributed by atoms with Crippen LogP contribution < -0.4 is 10.1 Å². The number of nitrogens with one attached hydrogen (secondary N) is 1. The lowest BCUT2D eigenvalue weighted by Crippen LogP contribution is -2.51. The number of ether oxygens (including phenoxy) is 2. The van der Waals surface area contributed by atoms with Crippen LogP contribution in [0.5, 0.6) is 5.75 Å². The van der Waals surface area contributed by atoms with E-state index in [-0.39, 0.29) is 23.8 Å². The lowest BCUT2D eigenvalue weighted by Gasteiger charge is -2.40. The zero-order valence-electron chi connectivity index (χ0n) is 20.9. The molecule has 4 rings (SSSR count). The van der Waals surface area contributed by atoms with E-state index in [0.717, 1.165) is 62.7 Å². The van der Waals surface area contributed by atoms with Crippen molar-refractivity contribution in [3.8, 4) is 16.9 Å². The third kappa shape index (κ3) is 6.79. The first-order chi connectivity index (χ1) is 17.2. The average molecular weight is 505 g/mol. The fraction of sp³-hybridized carbons (Fsp3) is 0.536. The van der Waals surface area contributed by atoms with Crippen molar-refractivity contribution in [2.45, 2.75) is 63.5 Å². The third-order valence-corrected chi connectivity index (χ3v) is 7.63. The molecule has 1 saturated carbocycles. The van der Waals surface area contributed by atoms with Crippen LogP contribution in [0.25, 0.3) is 11.1 Å². The van der Waals surface area contributed by atoms with E-state index in [1.165, 1.54) is 12.1 Å². The number of likely N-dealkylation sites (tertiary alicyclic amines) is 1. The highest BCUT2D eigenvalue weighted by atomic mass is 19.4. The van der Waals surface area contributed by atoms with Gasteiger partial charge in [0.1, 0.15) is 5.75 Å². The summed E-state index contributed by atoms with van der Waals surface area (Å²) in [7, 11) is 3.82. The van der Waals surface area contributed by atoms with Crippen LogP contribution in [0.1, 0.15) is 44.1 Å². The van der Waals surface area contributed by atoms with Gasteiger partial charge in [0.05, 0.1) is 11.5 Å². The number of rotatable bonds is 7. The molecule has 1 aliphatic carbocycles. The molecular formula is C28H35F3N2O3. The van der Waals surface area contributed by atoms with E-state index in [2.05, 4.69) is 22.0 Å². The average Bonchev–Trinajstić information content (AvgIpc) is 2.85. The van der Waals surface area contributed by atoms with Crippen molar-refractivity contribution >= 4 is 5.91 Å². The SMILES string of the molecule is COC1CCC(Cc2cccc(-c3cccc(OC(F)(F)F)c3)c2)(C(=O)NC2CCN(C)CC2)CC1. The van der Waals surface area contributed by atoms with E-state index < -0.39 is 11.8 Å². The number of alkyl halides is 3. The van der Waals surface area contributed by atoms with Gasteiger partial charge in [-0.05, 0) is 93.9 Å². The maximum absolute atomic E-state index is 13.7. The van der Waals surface area contributed by atoms with Crippen LogP contribution in [0.2, 0.25) is 0 Å². The standard InChI is InChI=1S/C28H35F3N2O3/c1-33-15-11-23(12-16-33)32-26(34)27(13-9-24(35-2)10-14-27)19-20-5-3-6-21(17-20)22-7-4-8-25(18-22)36-28(29,30)31/h3-8,17-18,23-24H,9-16,19H2,1-2H3,(H,32,34). The first-order valence-corrected chi connectivity index (χ1v) is 12.6. The zero-order chi connectivity index (χ0) is 25.8. The van der Waals surface area contributed by atoms with E-state index in [9.17, 15) is 18.0 Å². The number of methoxy groups -OCH3 is 1. The van der Waals surface area contributed by atoms with Crippen LogP contribution in [-0.2, 0) is 16.0 Å². The maximum atomic E-state index is 13.7. The highest BCUT2D eigenvalue weighted by Gasteiger charge is 2.42. The van der Waals surface area contributed by atoms with Crippen molar-refractivity contribution in [2.24, 2.45) is 5.41 Å². The van der Waals surface area contributed by atoms with Gasteiger partial charge in [0.25, 0.3) is 0 Å². The van der Waals surface area contributed by atoms with Crippen LogP contribution in [0.3, 0.4) is 0 Å². The Morgan fingerprint density at radius 3 is 2.31 bits per heavy atom. The van der Waals surface area contributed by atoms with Crippen molar-refractivity contribution in [3.05, 3.63) is 54.1 Å². The van der Waals surface area contributed by atoms with Crippen LogP contribution in [-0.4, -0.2) is 56.6 Å². The minimum atomic E-state index is -4.74. The fourth-order valence-electron chi connectivity index (χ4n) is 5.48. The monoisotopic (exact) mass is 504 g/mol. The molecule has 2 aromatic rings. The second kappa shape index (κ2) is 11.2. The van der Waals surface area contributed by atoms with Crippen molar-refractivity contribution in [1.29, 1.82) is 0 Å². The van der Waals surface area contributed by atoms with E-state index >= 15 is 0 Å². The summed E-state index contributed by atoms with van der Waals surface area (Å²) in [5.74, 6) is -0.144. The first-order valence-electron chi connectivity index (χ1n) is 12.6. The fourth-order valence-corrected chi connectivity index (χ4v) is 5.48. The number of carbonyl (C=O) groups excluding carboxylic acids is 1. The quantitative estimate of drug-likeness (QED) is 0.535. The number of hydrogen-bond acceptors (Lipinski definition) is 4. The van der Waals surface area contributed by atoms with Gasteiger partial charge in [-0.25, -0.2) is 0 Å². The molecule has 2 fully saturated rings. The molecule has 0 atom stereocenters. The topological polar surface area (TPSA) is 50.8 Å². The molecule has 0 spiro atoms. The summed E-state index contributed by atoms with van der Waals surface area (Å²) in [6, 6.07) is 13.9. The van der Waals surface area contributed by atoms with Crippen LogP contribution in [0.4, 0.5) is 13.2 Å².